The van der Waals surface area contributed by atoms with Crippen molar-refractivity contribution in [3.63, 3.8) is 0 Å². The zero-order chi connectivity index (χ0) is 21.6. The topological polar surface area (TPSA) is 111 Å². The molecule has 29 heavy (non-hydrogen) atoms. The lowest BCUT2D eigenvalue weighted by atomic mass is 10.0. The lowest BCUT2D eigenvalue weighted by Gasteiger charge is -2.14. The first-order chi connectivity index (χ1) is 14.0. The molecule has 2 atom stereocenters. The summed E-state index contributed by atoms with van der Waals surface area (Å²) >= 11 is 0. The van der Waals surface area contributed by atoms with Crippen molar-refractivity contribution in [3.05, 3.63) is 12.3 Å². The molecule has 0 aliphatic heterocycles. The minimum Gasteiger partial charge on any atom is -0.499 e. The second-order valence-corrected chi connectivity index (χ2v) is 8.88. The largest absolute Gasteiger partial charge is 0.499 e. The molecule has 0 spiro atoms. The van der Waals surface area contributed by atoms with Crippen LogP contribution in [0.25, 0.3) is 0 Å². The summed E-state index contributed by atoms with van der Waals surface area (Å²) < 4.78 is 25.8. The smallest absolute Gasteiger partial charge is 0.472 e. The number of aliphatic hydroxyl groups excluding tert-OH is 1. The Labute approximate surface area is 177 Å². The summed E-state index contributed by atoms with van der Waals surface area (Å²) in [5.41, 5.74) is 5.18. The van der Waals surface area contributed by atoms with E-state index >= 15 is 0 Å². The van der Waals surface area contributed by atoms with Crippen molar-refractivity contribution in [2.24, 2.45) is 5.73 Å². The number of allylic oxidation sites excluding steroid dienone is 1. The molecule has 0 aromatic rings. The van der Waals surface area contributed by atoms with E-state index < -0.39 is 13.9 Å². The molecule has 0 rings (SSSR count). The molecule has 4 N–H and O–H groups in total. The van der Waals surface area contributed by atoms with E-state index in [1.54, 1.807) is 6.26 Å². The Bertz CT molecular complexity index is 422. The zero-order valence-electron chi connectivity index (χ0n) is 18.3. The highest BCUT2D eigenvalue weighted by molar-refractivity contribution is 7.47. The van der Waals surface area contributed by atoms with Gasteiger partial charge in [-0.15, -0.1) is 0 Å². The van der Waals surface area contributed by atoms with Crippen molar-refractivity contribution in [2.75, 3.05) is 26.4 Å². The molecule has 2 unspecified atom stereocenters. The number of hydrogen-bond donors (Lipinski definition) is 3. The van der Waals surface area contributed by atoms with Crippen LogP contribution < -0.4 is 5.73 Å². The van der Waals surface area contributed by atoms with Gasteiger partial charge >= 0.3 is 7.82 Å². The second-order valence-electron chi connectivity index (χ2n) is 7.42. The normalized spacial score (nSPS) is 14.9. The molecule has 0 saturated heterocycles. The lowest BCUT2D eigenvalue weighted by molar-refractivity contribution is 0.0311. The van der Waals surface area contributed by atoms with Crippen LogP contribution >= 0.6 is 7.82 Å². The Morgan fingerprint density at radius 2 is 1.45 bits per heavy atom. The number of nitrogens with two attached hydrogens (primary N) is 1. The molecule has 0 saturated carbocycles. The number of hydrogen-bond acceptors (Lipinski definition) is 6. The maximum atomic E-state index is 11.4. The molecular weight excluding hydrogens is 393 g/mol. The maximum absolute atomic E-state index is 11.4. The van der Waals surface area contributed by atoms with Crippen LogP contribution in [0.2, 0.25) is 0 Å². The molecule has 0 aromatic heterocycles. The van der Waals surface area contributed by atoms with Crippen molar-refractivity contribution in [3.8, 4) is 0 Å². The molecular formula is C21H44NO6P. The van der Waals surface area contributed by atoms with Gasteiger partial charge in [-0.1, -0.05) is 77.6 Å². The number of aliphatic hydroxyl groups is 1. The van der Waals surface area contributed by atoms with E-state index in [0.29, 0.717) is 0 Å². The maximum Gasteiger partial charge on any atom is 0.472 e. The highest BCUT2D eigenvalue weighted by Crippen LogP contribution is 2.42. The van der Waals surface area contributed by atoms with Crippen LogP contribution in [-0.2, 0) is 18.3 Å². The van der Waals surface area contributed by atoms with Crippen LogP contribution in [0.4, 0.5) is 0 Å². The van der Waals surface area contributed by atoms with Crippen molar-refractivity contribution in [2.45, 2.75) is 96.5 Å². The van der Waals surface area contributed by atoms with Gasteiger partial charge in [-0.05, 0) is 18.9 Å². The Hall–Kier alpha value is -0.430. The van der Waals surface area contributed by atoms with Gasteiger partial charge in [0.25, 0.3) is 0 Å². The van der Waals surface area contributed by atoms with Crippen molar-refractivity contribution in [1.29, 1.82) is 0 Å². The average molecular weight is 438 g/mol. The van der Waals surface area contributed by atoms with Crippen molar-refractivity contribution >= 4 is 7.82 Å². The minimum atomic E-state index is -4.15. The van der Waals surface area contributed by atoms with E-state index in [4.69, 9.17) is 10.5 Å². The summed E-state index contributed by atoms with van der Waals surface area (Å²) in [6.45, 7) is 1.94. The zero-order valence-corrected chi connectivity index (χ0v) is 19.2. The summed E-state index contributed by atoms with van der Waals surface area (Å²) in [6.07, 6.45) is 19.4. The summed E-state index contributed by atoms with van der Waals surface area (Å²) in [7, 11) is -4.15. The van der Waals surface area contributed by atoms with Gasteiger partial charge in [0.15, 0.2) is 0 Å². The first-order valence-electron chi connectivity index (χ1n) is 11.3. The van der Waals surface area contributed by atoms with Crippen LogP contribution in [0.1, 0.15) is 90.4 Å². The Kier molecular flexibility index (Phi) is 20.5. The first kappa shape index (κ1) is 28.6. The van der Waals surface area contributed by atoms with Gasteiger partial charge in [-0.25, -0.2) is 4.57 Å². The molecule has 0 fully saturated rings. The van der Waals surface area contributed by atoms with Gasteiger partial charge in [-0.2, -0.15) is 0 Å². The van der Waals surface area contributed by atoms with Crippen LogP contribution in [0, 0.1) is 0 Å². The van der Waals surface area contributed by atoms with Crippen LogP contribution in [0.15, 0.2) is 12.3 Å². The highest BCUT2D eigenvalue weighted by atomic mass is 31.2. The number of phosphoric acid groups is 1. The second kappa shape index (κ2) is 20.8. The molecule has 0 amide bonds. The van der Waals surface area contributed by atoms with Gasteiger partial charge < -0.3 is 20.5 Å². The van der Waals surface area contributed by atoms with Gasteiger partial charge in [-0.3, -0.25) is 9.05 Å². The third kappa shape index (κ3) is 22.1. The molecule has 0 aliphatic carbocycles. The Balaban J connectivity index is 3.38. The molecule has 0 radical (unpaired) electrons. The van der Waals surface area contributed by atoms with Gasteiger partial charge in [0.1, 0.15) is 12.7 Å². The van der Waals surface area contributed by atoms with E-state index in [1.165, 1.54) is 70.6 Å². The molecule has 8 heteroatoms. The summed E-state index contributed by atoms with van der Waals surface area (Å²) in [6, 6.07) is 0. The fourth-order valence-corrected chi connectivity index (χ4v) is 3.61. The lowest BCUT2D eigenvalue weighted by Crippen LogP contribution is -2.20. The van der Waals surface area contributed by atoms with Crippen LogP contribution in [0.3, 0.4) is 0 Å². The molecule has 0 aliphatic rings. The Morgan fingerprint density at radius 1 is 0.897 bits per heavy atom. The number of rotatable bonds is 22. The number of phosphoric ester groups is 1. The fraction of sp³-hybridized carbons (Fsp3) is 0.905. The predicted octanol–water partition coefficient (Wildman–Crippen LogP) is 5.06. The van der Waals surface area contributed by atoms with Crippen LogP contribution in [-0.4, -0.2) is 42.5 Å². The fourth-order valence-electron chi connectivity index (χ4n) is 2.84. The third-order valence-corrected chi connectivity index (χ3v) is 5.49. The quantitative estimate of drug-likeness (QED) is 0.123. The van der Waals surface area contributed by atoms with E-state index in [0.717, 1.165) is 12.8 Å². The van der Waals surface area contributed by atoms with Crippen molar-refractivity contribution < 1.29 is 28.3 Å². The first-order valence-corrected chi connectivity index (χ1v) is 12.8. The number of unbranched alkanes of at least 4 members (excludes halogenated alkanes) is 12. The van der Waals surface area contributed by atoms with Gasteiger partial charge in [0.05, 0.1) is 19.5 Å². The predicted molar refractivity (Wildman–Crippen MR) is 118 cm³/mol. The van der Waals surface area contributed by atoms with Crippen molar-refractivity contribution in [1.82, 2.24) is 0 Å². The summed E-state index contributed by atoms with van der Waals surface area (Å²) in [5, 5.41) is 9.66. The monoisotopic (exact) mass is 437 g/mol. The van der Waals surface area contributed by atoms with E-state index in [-0.39, 0.29) is 26.4 Å². The molecule has 174 valence electrons. The highest BCUT2D eigenvalue weighted by Gasteiger charge is 2.22. The summed E-state index contributed by atoms with van der Waals surface area (Å²) in [4.78, 5) is 9.30. The minimum absolute atomic E-state index is 0.00810. The molecule has 0 bridgehead atoms. The average Bonchev–Trinajstić information content (AvgIpc) is 2.70. The van der Waals surface area contributed by atoms with E-state index in [9.17, 15) is 14.6 Å². The Morgan fingerprint density at radius 3 is 2.00 bits per heavy atom. The molecule has 7 nitrogen and oxygen atoms in total. The number of ether oxygens (including phenoxy) is 1. The summed E-state index contributed by atoms with van der Waals surface area (Å²) in [5.74, 6) is 0. The third-order valence-electron chi connectivity index (χ3n) is 4.51. The molecule has 0 aromatic carbocycles. The van der Waals surface area contributed by atoms with Gasteiger partial charge in [0, 0.05) is 6.54 Å². The van der Waals surface area contributed by atoms with E-state index in [2.05, 4.69) is 16.0 Å². The van der Waals surface area contributed by atoms with Gasteiger partial charge in [0.2, 0.25) is 0 Å². The SMILES string of the molecule is CCCCCCCCCCCCCC/C=C\OCC(O)COP(=O)(O)OCCN. The standard InChI is InChI=1S/C21H44NO6P/c1-2-3-4-5-6-7-8-9-10-11-12-13-14-15-17-26-19-21(23)20-28-29(24,25)27-18-16-22/h15,17,21,23H,2-14,16,18-20,22H2,1H3,(H,24,25)/b17-15-. The molecule has 0 heterocycles. The van der Waals surface area contributed by atoms with Crippen LogP contribution in [0.5, 0.6) is 0 Å². The van der Waals surface area contributed by atoms with E-state index in [1.807, 2.05) is 6.08 Å².